The summed E-state index contributed by atoms with van der Waals surface area (Å²) in [4.78, 5) is 13.5. The minimum Gasteiger partial charge on any atom is -0.447 e. The van der Waals surface area contributed by atoms with Crippen molar-refractivity contribution in [2.24, 2.45) is 0 Å². The summed E-state index contributed by atoms with van der Waals surface area (Å²) < 4.78 is 5.33. The second-order valence-corrected chi connectivity index (χ2v) is 3.77. The predicted molar refractivity (Wildman–Crippen MR) is 69.9 cm³/mol. The number of carbonyl (C=O) groups is 1. The van der Waals surface area contributed by atoms with Crippen LogP contribution in [0.2, 0.25) is 0 Å². The van der Waals surface area contributed by atoms with E-state index >= 15 is 0 Å². The molecule has 0 aliphatic heterocycles. The fourth-order valence-corrected chi connectivity index (χ4v) is 1.58. The van der Waals surface area contributed by atoms with Crippen LogP contribution in [0.25, 0.3) is 0 Å². The number of halogens is 1. The summed E-state index contributed by atoms with van der Waals surface area (Å²) in [5, 5.41) is 0. The Morgan fingerprint density at radius 1 is 1.19 bits per heavy atom. The van der Waals surface area contributed by atoms with Crippen molar-refractivity contribution in [3.63, 3.8) is 0 Å². The first-order valence-electron chi connectivity index (χ1n) is 6.09. The van der Waals surface area contributed by atoms with E-state index in [0.29, 0.717) is 6.42 Å². The molecule has 0 saturated heterocycles. The number of rotatable bonds is 8. The van der Waals surface area contributed by atoms with Crippen LogP contribution >= 0.6 is 12.4 Å². The van der Waals surface area contributed by atoms with Crippen molar-refractivity contribution in [2.45, 2.75) is 59.6 Å². The van der Waals surface area contributed by atoms with Gasteiger partial charge in [0, 0.05) is 6.42 Å². The van der Waals surface area contributed by atoms with Gasteiger partial charge in [-0.15, -0.1) is 12.4 Å². The molecule has 3 nitrogen and oxygen atoms in total. The van der Waals surface area contributed by atoms with Crippen LogP contribution in [0.3, 0.4) is 0 Å². The van der Waals surface area contributed by atoms with Gasteiger partial charge in [0.05, 0.1) is 0 Å². The maximum absolute atomic E-state index is 11.4. The molecule has 0 N–H and O–H groups in total. The highest BCUT2D eigenvalue weighted by Crippen LogP contribution is 2.05. The summed E-state index contributed by atoms with van der Waals surface area (Å²) in [7, 11) is 0. The molecule has 0 radical (unpaired) electrons. The van der Waals surface area contributed by atoms with E-state index < -0.39 is 0 Å². The van der Waals surface area contributed by atoms with Gasteiger partial charge in [-0.2, -0.15) is 0 Å². The molecule has 98 valence electrons. The second-order valence-electron chi connectivity index (χ2n) is 3.77. The molecule has 0 aromatic heterocycles. The Morgan fingerprint density at radius 2 is 1.75 bits per heavy atom. The number of ether oxygens (including phenoxy) is 1. The summed E-state index contributed by atoms with van der Waals surface area (Å²) in [6, 6.07) is 0. The van der Waals surface area contributed by atoms with Gasteiger partial charge in [0.2, 0.25) is 0 Å². The van der Waals surface area contributed by atoms with E-state index in [9.17, 15) is 4.79 Å². The van der Waals surface area contributed by atoms with Crippen molar-refractivity contribution in [3.8, 4) is 0 Å². The molecule has 1 atom stereocenters. The Balaban J connectivity index is 0. The van der Waals surface area contributed by atoms with Gasteiger partial charge in [-0.05, 0) is 26.4 Å². The van der Waals surface area contributed by atoms with Gasteiger partial charge in [-0.3, -0.25) is 9.69 Å². The third kappa shape index (κ3) is 7.94. The minimum atomic E-state index is -0.0888. The Hall–Kier alpha value is -0.280. The van der Waals surface area contributed by atoms with Gasteiger partial charge in [0.15, 0.2) is 6.23 Å². The lowest BCUT2D eigenvalue weighted by Crippen LogP contribution is -2.36. The van der Waals surface area contributed by atoms with Gasteiger partial charge in [-0.25, -0.2) is 0 Å². The maximum Gasteiger partial charge on any atom is 0.307 e. The van der Waals surface area contributed by atoms with E-state index in [2.05, 4.69) is 25.7 Å². The molecule has 0 aromatic rings. The molecule has 0 aromatic carbocycles. The average molecular weight is 252 g/mol. The molecule has 0 heterocycles. The lowest BCUT2D eigenvalue weighted by Gasteiger charge is -2.25. The molecule has 0 aliphatic carbocycles. The number of carbonyl (C=O) groups excluding carboxylic acids is 1. The molecule has 0 bridgehead atoms. The van der Waals surface area contributed by atoms with Crippen molar-refractivity contribution in [1.82, 2.24) is 4.90 Å². The summed E-state index contributed by atoms with van der Waals surface area (Å²) in [5.74, 6) is -0.0668. The van der Waals surface area contributed by atoms with Gasteiger partial charge in [0.1, 0.15) is 0 Å². The van der Waals surface area contributed by atoms with Crippen LogP contribution in [-0.2, 0) is 9.53 Å². The van der Waals surface area contributed by atoms with E-state index in [1.807, 2.05) is 6.92 Å². The van der Waals surface area contributed by atoms with Crippen LogP contribution in [0.4, 0.5) is 0 Å². The number of esters is 1. The molecule has 0 spiro atoms. The number of hydrogen-bond acceptors (Lipinski definition) is 3. The fourth-order valence-electron chi connectivity index (χ4n) is 1.58. The molecule has 1 unspecified atom stereocenters. The van der Waals surface area contributed by atoms with Crippen LogP contribution < -0.4 is 0 Å². The second kappa shape index (κ2) is 11.2. The molecular weight excluding hydrogens is 226 g/mol. The van der Waals surface area contributed by atoms with Crippen molar-refractivity contribution in [3.05, 3.63) is 0 Å². The lowest BCUT2D eigenvalue weighted by molar-refractivity contribution is -0.157. The molecule has 0 fully saturated rings. The van der Waals surface area contributed by atoms with Crippen LogP contribution in [0, 0.1) is 0 Å². The highest BCUT2D eigenvalue weighted by Gasteiger charge is 2.14. The third-order valence-electron chi connectivity index (χ3n) is 2.61. The smallest absolute Gasteiger partial charge is 0.307 e. The van der Waals surface area contributed by atoms with E-state index in [-0.39, 0.29) is 24.6 Å². The SMILES string of the molecule is CCCCCC(=O)OC(C)N(CC)CC.Cl. The van der Waals surface area contributed by atoms with Crippen molar-refractivity contribution >= 4 is 18.4 Å². The highest BCUT2D eigenvalue weighted by molar-refractivity contribution is 5.85. The topological polar surface area (TPSA) is 29.5 Å². The molecule has 16 heavy (non-hydrogen) atoms. The minimum absolute atomic E-state index is 0. The predicted octanol–water partition coefficient (Wildman–Crippen LogP) is 3.22. The van der Waals surface area contributed by atoms with Crippen LogP contribution in [0.15, 0.2) is 0 Å². The number of nitrogens with zero attached hydrogens (tertiary/aromatic N) is 1. The maximum atomic E-state index is 11.4. The van der Waals surface area contributed by atoms with Crippen LogP contribution in [-0.4, -0.2) is 30.2 Å². The van der Waals surface area contributed by atoms with E-state index in [4.69, 9.17) is 4.74 Å². The summed E-state index contributed by atoms with van der Waals surface area (Å²) in [5.41, 5.74) is 0. The first-order chi connectivity index (χ1) is 7.15. The number of unbranched alkanes of at least 4 members (excludes halogenated alkanes) is 2. The molecule has 4 heteroatoms. The van der Waals surface area contributed by atoms with E-state index in [1.54, 1.807) is 0 Å². The Kier molecular flexibility index (Phi) is 12.7. The molecule has 0 aliphatic rings. The van der Waals surface area contributed by atoms with E-state index in [1.165, 1.54) is 0 Å². The first-order valence-corrected chi connectivity index (χ1v) is 6.09. The average Bonchev–Trinajstić information content (AvgIpc) is 2.20. The van der Waals surface area contributed by atoms with Gasteiger partial charge in [-0.1, -0.05) is 33.6 Å². The zero-order chi connectivity index (χ0) is 11.7. The van der Waals surface area contributed by atoms with Crippen molar-refractivity contribution in [2.75, 3.05) is 13.1 Å². The Bertz CT molecular complexity index is 172. The third-order valence-corrected chi connectivity index (χ3v) is 2.61. The molecular formula is C12H26ClNO2. The normalized spacial score (nSPS) is 12.1. The fraction of sp³-hybridized carbons (Fsp3) is 0.917. The highest BCUT2D eigenvalue weighted by atomic mass is 35.5. The largest absolute Gasteiger partial charge is 0.447 e. The standard InChI is InChI=1S/C12H25NO2.ClH/c1-5-8-9-10-12(14)15-11(4)13(6-2)7-3;/h11H,5-10H2,1-4H3;1H. The summed E-state index contributed by atoms with van der Waals surface area (Å²) in [6.45, 7) is 10.0. The zero-order valence-electron chi connectivity index (χ0n) is 11.0. The van der Waals surface area contributed by atoms with Gasteiger partial charge in [0.25, 0.3) is 0 Å². The van der Waals surface area contributed by atoms with Crippen LogP contribution in [0.5, 0.6) is 0 Å². The molecule has 0 saturated carbocycles. The summed E-state index contributed by atoms with van der Waals surface area (Å²) >= 11 is 0. The summed E-state index contributed by atoms with van der Waals surface area (Å²) in [6.07, 6.45) is 3.65. The Labute approximate surface area is 106 Å². The quantitative estimate of drug-likeness (QED) is 0.377. The van der Waals surface area contributed by atoms with Crippen molar-refractivity contribution in [1.29, 1.82) is 0 Å². The monoisotopic (exact) mass is 251 g/mol. The zero-order valence-corrected chi connectivity index (χ0v) is 11.8. The lowest BCUT2D eigenvalue weighted by atomic mass is 10.2. The van der Waals surface area contributed by atoms with Crippen molar-refractivity contribution < 1.29 is 9.53 Å². The van der Waals surface area contributed by atoms with Gasteiger partial charge < -0.3 is 4.74 Å². The molecule has 0 rings (SSSR count). The Morgan fingerprint density at radius 3 is 2.19 bits per heavy atom. The van der Waals surface area contributed by atoms with Crippen LogP contribution in [0.1, 0.15) is 53.4 Å². The van der Waals surface area contributed by atoms with Gasteiger partial charge >= 0.3 is 5.97 Å². The number of hydrogen-bond donors (Lipinski definition) is 0. The first kappa shape index (κ1) is 18.1. The molecule has 0 amide bonds. The van der Waals surface area contributed by atoms with E-state index in [0.717, 1.165) is 32.4 Å².